The number of rotatable bonds is 2. The van der Waals surface area contributed by atoms with Crippen molar-refractivity contribution in [1.29, 1.82) is 21.0 Å². The van der Waals surface area contributed by atoms with Crippen LogP contribution in [0.15, 0.2) is 34.4 Å². The summed E-state index contributed by atoms with van der Waals surface area (Å²) in [5, 5.41) is 41.1. The fourth-order valence-corrected chi connectivity index (χ4v) is 5.64. The van der Waals surface area contributed by atoms with E-state index < -0.39 is 46.4 Å². The van der Waals surface area contributed by atoms with Gasteiger partial charge in [0.05, 0.1) is 50.3 Å². The van der Waals surface area contributed by atoms with Gasteiger partial charge in [-0.1, -0.05) is 23.3 Å². The molecule has 0 radical (unpaired) electrons. The first-order valence-corrected chi connectivity index (χ1v) is 10.1. The highest BCUT2D eigenvalue weighted by Crippen LogP contribution is 2.62. The van der Waals surface area contributed by atoms with Gasteiger partial charge in [-0.3, -0.25) is 9.59 Å². The molecule has 0 aromatic carbocycles. The van der Waals surface area contributed by atoms with E-state index in [1.54, 1.807) is 26.0 Å². The molecule has 3 rings (SSSR count). The molecule has 8 nitrogen and oxygen atoms in total. The van der Waals surface area contributed by atoms with Crippen molar-refractivity contribution in [3.8, 4) is 24.3 Å². The molecule has 8 heteroatoms. The summed E-state index contributed by atoms with van der Waals surface area (Å²) in [5.74, 6) is -5.56. The Kier molecular flexibility index (Phi) is 5.69. The highest BCUT2D eigenvalue weighted by molar-refractivity contribution is 5.78. The zero-order chi connectivity index (χ0) is 23.8. The largest absolute Gasteiger partial charge is 0.469 e. The predicted octanol–water partition coefficient (Wildman–Crippen LogP) is 2.87. The summed E-state index contributed by atoms with van der Waals surface area (Å²) in [6.45, 7) is 3.59. The standard InChI is InChI=1S/C24H22N4O4/c1-13-7-17(21(29)31-3)23(9-25,10-26)19-15(13)5-6-16-14(2)8-18(22(30)32-4)24(11-27,12-28)20(16)19/h5-6,17-20H,7-8H2,1-4H3. The second-order valence-corrected chi connectivity index (χ2v) is 8.51. The fraction of sp³-hybridized carbons (Fsp3) is 0.500. The fourth-order valence-electron chi connectivity index (χ4n) is 5.64. The van der Waals surface area contributed by atoms with E-state index in [2.05, 4.69) is 24.3 Å². The van der Waals surface area contributed by atoms with Gasteiger partial charge in [-0.2, -0.15) is 21.0 Å². The molecule has 162 valence electrons. The third-order valence-corrected chi connectivity index (χ3v) is 7.24. The average Bonchev–Trinajstić information content (AvgIpc) is 2.83. The number of fused-ring (bicyclic) bond motifs is 3. The van der Waals surface area contributed by atoms with Crippen molar-refractivity contribution < 1.29 is 19.1 Å². The Balaban J connectivity index is 2.43. The molecule has 4 atom stereocenters. The molecule has 0 heterocycles. The third-order valence-electron chi connectivity index (χ3n) is 7.24. The van der Waals surface area contributed by atoms with Crippen LogP contribution in [0.5, 0.6) is 0 Å². The second kappa shape index (κ2) is 7.99. The molecule has 0 aromatic rings. The van der Waals surface area contributed by atoms with Crippen LogP contribution in [0.2, 0.25) is 0 Å². The van der Waals surface area contributed by atoms with E-state index in [4.69, 9.17) is 9.47 Å². The molecule has 0 saturated heterocycles. The Labute approximate surface area is 186 Å². The van der Waals surface area contributed by atoms with Crippen LogP contribution >= 0.6 is 0 Å². The van der Waals surface area contributed by atoms with Gasteiger partial charge in [-0.15, -0.1) is 0 Å². The highest BCUT2D eigenvalue weighted by atomic mass is 16.5. The number of carbonyl (C=O) groups is 2. The molecule has 0 fully saturated rings. The van der Waals surface area contributed by atoms with Crippen LogP contribution in [0.3, 0.4) is 0 Å². The van der Waals surface area contributed by atoms with Crippen molar-refractivity contribution in [1.82, 2.24) is 0 Å². The number of hydrogen-bond donors (Lipinski definition) is 0. The molecule has 0 aromatic heterocycles. The average molecular weight is 430 g/mol. The molecule has 0 bridgehead atoms. The first-order chi connectivity index (χ1) is 15.2. The zero-order valence-electron chi connectivity index (χ0n) is 18.3. The molecule has 0 aliphatic heterocycles. The van der Waals surface area contributed by atoms with E-state index in [0.29, 0.717) is 11.1 Å². The van der Waals surface area contributed by atoms with Gasteiger partial charge in [0.1, 0.15) is 0 Å². The summed E-state index contributed by atoms with van der Waals surface area (Å²) in [7, 11) is 2.38. The monoisotopic (exact) mass is 430 g/mol. The summed E-state index contributed by atoms with van der Waals surface area (Å²) in [4.78, 5) is 25.4. The molecule has 32 heavy (non-hydrogen) atoms. The lowest BCUT2D eigenvalue weighted by molar-refractivity contribution is -0.152. The molecule has 4 unspecified atom stereocenters. The number of methoxy groups -OCH3 is 2. The maximum atomic E-state index is 12.7. The SMILES string of the molecule is COC(=O)C1CC(C)=C2C=CC3=C(C)CC(C(=O)OC)C(C#N)(C#N)C3C2C1(C#N)C#N. The van der Waals surface area contributed by atoms with Crippen LogP contribution in [0.4, 0.5) is 0 Å². The number of allylic oxidation sites excluding steroid dienone is 6. The topological polar surface area (TPSA) is 148 Å². The van der Waals surface area contributed by atoms with Gasteiger partial charge in [-0.25, -0.2) is 0 Å². The van der Waals surface area contributed by atoms with Crippen LogP contribution in [0.1, 0.15) is 26.7 Å². The van der Waals surface area contributed by atoms with Crippen molar-refractivity contribution in [3.63, 3.8) is 0 Å². The van der Waals surface area contributed by atoms with E-state index >= 15 is 0 Å². The van der Waals surface area contributed by atoms with Crippen LogP contribution in [0.25, 0.3) is 0 Å². The summed E-state index contributed by atoms with van der Waals surface area (Å²) >= 11 is 0. The number of nitrogens with zero attached hydrogens (tertiary/aromatic N) is 4. The summed E-state index contributed by atoms with van der Waals surface area (Å²) in [5.41, 5.74) is -0.973. The van der Waals surface area contributed by atoms with Gasteiger partial charge in [0.2, 0.25) is 0 Å². The lowest BCUT2D eigenvalue weighted by atomic mass is 9.46. The Hall–Kier alpha value is -3.88. The molecule has 3 aliphatic carbocycles. The number of esters is 2. The molecular formula is C24H22N4O4. The van der Waals surface area contributed by atoms with Crippen LogP contribution in [0, 0.1) is 79.8 Å². The summed E-state index contributed by atoms with van der Waals surface area (Å²) in [6, 6.07) is 8.23. The Bertz CT molecular complexity index is 1030. The summed E-state index contributed by atoms with van der Waals surface area (Å²) < 4.78 is 9.83. The molecule has 0 saturated carbocycles. The molecule has 0 spiro atoms. The molecule has 3 aliphatic rings. The van der Waals surface area contributed by atoms with Crippen molar-refractivity contribution in [2.75, 3.05) is 14.2 Å². The van der Waals surface area contributed by atoms with E-state index in [9.17, 15) is 30.6 Å². The smallest absolute Gasteiger partial charge is 0.311 e. The third kappa shape index (κ3) is 2.77. The quantitative estimate of drug-likeness (QED) is 0.607. The Morgan fingerprint density at radius 2 is 1.09 bits per heavy atom. The second-order valence-electron chi connectivity index (χ2n) is 8.51. The van der Waals surface area contributed by atoms with Crippen LogP contribution < -0.4 is 0 Å². The lowest BCUT2D eigenvalue weighted by Crippen LogP contribution is -2.55. The van der Waals surface area contributed by atoms with Gasteiger partial charge in [0.15, 0.2) is 10.8 Å². The lowest BCUT2D eigenvalue weighted by Gasteiger charge is -2.52. The van der Waals surface area contributed by atoms with Crippen LogP contribution in [-0.4, -0.2) is 26.2 Å². The van der Waals surface area contributed by atoms with Gasteiger partial charge in [0.25, 0.3) is 0 Å². The predicted molar refractivity (Wildman–Crippen MR) is 109 cm³/mol. The van der Waals surface area contributed by atoms with E-state index in [-0.39, 0.29) is 12.8 Å². The van der Waals surface area contributed by atoms with E-state index in [0.717, 1.165) is 11.1 Å². The van der Waals surface area contributed by atoms with Crippen LogP contribution in [-0.2, 0) is 19.1 Å². The van der Waals surface area contributed by atoms with Crippen molar-refractivity contribution in [2.24, 2.45) is 34.5 Å². The Morgan fingerprint density at radius 3 is 1.34 bits per heavy atom. The molecule has 0 amide bonds. The van der Waals surface area contributed by atoms with Gasteiger partial charge in [-0.05, 0) is 37.8 Å². The van der Waals surface area contributed by atoms with Crippen molar-refractivity contribution in [3.05, 3.63) is 34.4 Å². The number of ether oxygens (including phenoxy) is 2. The van der Waals surface area contributed by atoms with Crippen molar-refractivity contribution in [2.45, 2.75) is 26.7 Å². The number of carbonyl (C=O) groups excluding carboxylic acids is 2. The summed E-state index contributed by atoms with van der Waals surface area (Å²) in [6.07, 6.45) is 3.87. The minimum absolute atomic E-state index is 0.140. The Morgan fingerprint density at radius 1 is 0.781 bits per heavy atom. The van der Waals surface area contributed by atoms with Gasteiger partial charge < -0.3 is 9.47 Å². The normalized spacial score (nSPS) is 29.2. The first kappa shape index (κ1) is 22.8. The minimum Gasteiger partial charge on any atom is -0.469 e. The highest BCUT2D eigenvalue weighted by Gasteiger charge is 2.66. The minimum atomic E-state index is -1.89. The number of hydrogen-bond acceptors (Lipinski definition) is 8. The van der Waals surface area contributed by atoms with Crippen molar-refractivity contribution >= 4 is 11.9 Å². The maximum Gasteiger partial charge on any atom is 0.311 e. The number of nitriles is 4. The van der Waals surface area contributed by atoms with E-state index in [1.165, 1.54) is 14.2 Å². The van der Waals surface area contributed by atoms with Gasteiger partial charge in [0, 0.05) is 11.8 Å². The van der Waals surface area contributed by atoms with Gasteiger partial charge >= 0.3 is 11.9 Å². The first-order valence-electron chi connectivity index (χ1n) is 10.1. The van der Waals surface area contributed by atoms with E-state index in [1.807, 2.05) is 0 Å². The zero-order valence-corrected chi connectivity index (χ0v) is 18.3. The maximum absolute atomic E-state index is 12.7. The molecular weight excluding hydrogens is 408 g/mol. The molecule has 0 N–H and O–H groups in total.